The van der Waals surface area contributed by atoms with Crippen molar-refractivity contribution in [3.8, 4) is 0 Å². The van der Waals surface area contributed by atoms with E-state index < -0.39 is 5.41 Å². The average molecular weight is 287 g/mol. The predicted octanol–water partition coefficient (Wildman–Crippen LogP) is 0.151. The number of aliphatic hydroxyl groups excluding tert-OH is 1. The smallest absolute Gasteiger partial charge is 0.236 e. The molecule has 0 aromatic rings. The van der Waals surface area contributed by atoms with Crippen LogP contribution in [0.5, 0.6) is 0 Å². The molecule has 1 amide bonds. The van der Waals surface area contributed by atoms with E-state index in [2.05, 4.69) is 5.16 Å². The van der Waals surface area contributed by atoms with Gasteiger partial charge in [0, 0.05) is 33.4 Å². The molecule has 0 aromatic heterocycles. The number of unbranched alkanes of at least 4 members (excludes halogenated alkanes) is 2. The Morgan fingerprint density at radius 3 is 2.55 bits per heavy atom. The lowest BCUT2D eigenvalue weighted by molar-refractivity contribution is -0.141. The van der Waals surface area contributed by atoms with Gasteiger partial charge in [-0.25, -0.2) is 0 Å². The summed E-state index contributed by atoms with van der Waals surface area (Å²) in [5, 5.41) is 20.7. The monoisotopic (exact) mass is 287 g/mol. The molecule has 1 saturated heterocycles. The van der Waals surface area contributed by atoms with E-state index in [4.69, 9.17) is 20.8 Å². The van der Waals surface area contributed by atoms with Gasteiger partial charge in [0.25, 0.3) is 0 Å². The fourth-order valence-corrected chi connectivity index (χ4v) is 2.50. The Hall–Kier alpha value is -1.34. The zero-order valence-corrected chi connectivity index (χ0v) is 12.0. The minimum atomic E-state index is -0.946. The Kier molecular flexibility index (Phi) is 6.74. The lowest BCUT2D eigenvalue weighted by Gasteiger charge is -2.37. The lowest BCUT2D eigenvalue weighted by Crippen LogP contribution is -2.53. The van der Waals surface area contributed by atoms with Crippen molar-refractivity contribution in [1.29, 1.82) is 0 Å². The second kappa shape index (κ2) is 8.06. The van der Waals surface area contributed by atoms with Gasteiger partial charge in [-0.1, -0.05) is 5.16 Å². The first-order valence-electron chi connectivity index (χ1n) is 7.00. The van der Waals surface area contributed by atoms with Crippen molar-refractivity contribution in [2.45, 2.75) is 32.1 Å². The van der Waals surface area contributed by atoms with Gasteiger partial charge in [-0.2, -0.15) is 0 Å². The molecule has 0 saturated carbocycles. The van der Waals surface area contributed by atoms with Gasteiger partial charge < -0.3 is 25.7 Å². The van der Waals surface area contributed by atoms with Crippen molar-refractivity contribution in [3.63, 3.8) is 0 Å². The summed E-state index contributed by atoms with van der Waals surface area (Å²) in [7, 11) is 1.73. The van der Waals surface area contributed by atoms with Crippen molar-refractivity contribution in [2.75, 3.05) is 33.4 Å². The van der Waals surface area contributed by atoms with Crippen LogP contribution in [0.1, 0.15) is 32.1 Å². The number of ether oxygens (including phenoxy) is 1. The summed E-state index contributed by atoms with van der Waals surface area (Å²) in [6.07, 6.45) is 3.30. The largest absolute Gasteiger partial charge is 0.409 e. The number of nitrogens with two attached hydrogens (primary N) is 1. The maximum Gasteiger partial charge on any atom is 0.236 e. The molecule has 0 spiro atoms. The predicted molar refractivity (Wildman–Crippen MR) is 74.5 cm³/mol. The van der Waals surface area contributed by atoms with Gasteiger partial charge in [-0.05, 0) is 32.1 Å². The van der Waals surface area contributed by atoms with Crippen LogP contribution in [0.2, 0.25) is 0 Å². The Labute approximate surface area is 119 Å². The molecule has 1 rings (SSSR count). The standard InChI is InChI=1S/C13H25N3O4/c1-16(7-3-2-4-8-17)12(18)13(11(14)15-19)5-9-20-10-6-13/h17,19H,2-10H2,1H3,(H2,14,15). The zero-order valence-electron chi connectivity index (χ0n) is 12.0. The first-order chi connectivity index (χ1) is 9.58. The molecule has 1 heterocycles. The van der Waals surface area contributed by atoms with Gasteiger partial charge in [-0.15, -0.1) is 0 Å². The van der Waals surface area contributed by atoms with Gasteiger partial charge in [0.2, 0.25) is 5.91 Å². The van der Waals surface area contributed by atoms with E-state index in [0.717, 1.165) is 19.3 Å². The highest BCUT2D eigenvalue weighted by atomic mass is 16.5. The quantitative estimate of drug-likeness (QED) is 0.203. The van der Waals surface area contributed by atoms with E-state index in [1.165, 1.54) is 0 Å². The number of carbonyl (C=O) groups excluding carboxylic acids is 1. The molecule has 0 aromatic carbocycles. The third-order valence-corrected chi connectivity index (χ3v) is 3.85. The van der Waals surface area contributed by atoms with Crippen LogP contribution < -0.4 is 5.73 Å². The number of hydrogen-bond donors (Lipinski definition) is 3. The maximum atomic E-state index is 12.6. The van der Waals surface area contributed by atoms with Crippen molar-refractivity contribution in [1.82, 2.24) is 4.90 Å². The molecular weight excluding hydrogens is 262 g/mol. The number of hydrogen-bond acceptors (Lipinski definition) is 5. The Balaban J connectivity index is 2.68. The fraction of sp³-hybridized carbons (Fsp3) is 0.846. The van der Waals surface area contributed by atoms with E-state index >= 15 is 0 Å². The summed E-state index contributed by atoms with van der Waals surface area (Å²) in [6, 6.07) is 0. The van der Waals surface area contributed by atoms with Crippen LogP contribution in [0, 0.1) is 5.41 Å². The number of amides is 1. The molecule has 0 radical (unpaired) electrons. The van der Waals surface area contributed by atoms with Crippen LogP contribution in [-0.4, -0.2) is 60.4 Å². The van der Waals surface area contributed by atoms with E-state index in [1.807, 2.05) is 0 Å². The van der Waals surface area contributed by atoms with Crippen LogP contribution in [-0.2, 0) is 9.53 Å². The molecule has 0 atom stereocenters. The summed E-state index contributed by atoms with van der Waals surface area (Å²) in [5.74, 6) is -0.159. The molecule has 20 heavy (non-hydrogen) atoms. The second-order valence-electron chi connectivity index (χ2n) is 5.19. The van der Waals surface area contributed by atoms with Crippen molar-refractivity contribution >= 4 is 11.7 Å². The number of nitrogens with zero attached hydrogens (tertiary/aromatic N) is 2. The normalized spacial score (nSPS) is 18.8. The molecule has 0 aliphatic carbocycles. The van der Waals surface area contributed by atoms with Crippen LogP contribution >= 0.6 is 0 Å². The number of oxime groups is 1. The van der Waals surface area contributed by atoms with E-state index in [-0.39, 0.29) is 18.3 Å². The third-order valence-electron chi connectivity index (χ3n) is 3.85. The summed E-state index contributed by atoms with van der Waals surface area (Å²) in [6.45, 7) is 1.63. The summed E-state index contributed by atoms with van der Waals surface area (Å²) in [5.41, 5.74) is 4.82. The topological polar surface area (TPSA) is 108 Å². The fourth-order valence-electron chi connectivity index (χ4n) is 2.50. The molecule has 116 valence electrons. The highest BCUT2D eigenvalue weighted by Gasteiger charge is 2.45. The minimum Gasteiger partial charge on any atom is -0.409 e. The van der Waals surface area contributed by atoms with Crippen LogP contribution in [0.3, 0.4) is 0 Å². The first-order valence-corrected chi connectivity index (χ1v) is 7.00. The zero-order chi connectivity index (χ0) is 15.0. The molecule has 4 N–H and O–H groups in total. The van der Waals surface area contributed by atoms with Crippen molar-refractivity contribution < 1.29 is 19.8 Å². The van der Waals surface area contributed by atoms with E-state index in [9.17, 15) is 4.79 Å². The van der Waals surface area contributed by atoms with E-state index in [0.29, 0.717) is 32.6 Å². The van der Waals surface area contributed by atoms with Crippen LogP contribution in [0.25, 0.3) is 0 Å². The SMILES string of the molecule is CN(CCCCCO)C(=O)C1(C(N)=NO)CCOCC1. The van der Waals surface area contributed by atoms with Gasteiger partial charge >= 0.3 is 0 Å². The molecule has 1 fully saturated rings. The van der Waals surface area contributed by atoms with Crippen molar-refractivity contribution in [3.05, 3.63) is 0 Å². The minimum absolute atomic E-state index is 0.0343. The van der Waals surface area contributed by atoms with Crippen LogP contribution in [0.4, 0.5) is 0 Å². The molecule has 0 bridgehead atoms. The molecule has 1 aliphatic heterocycles. The maximum absolute atomic E-state index is 12.6. The Morgan fingerprint density at radius 1 is 1.35 bits per heavy atom. The molecule has 7 nitrogen and oxygen atoms in total. The van der Waals surface area contributed by atoms with Gasteiger partial charge in [-0.3, -0.25) is 4.79 Å². The molecule has 1 aliphatic rings. The van der Waals surface area contributed by atoms with Gasteiger partial charge in [0.1, 0.15) is 5.41 Å². The van der Waals surface area contributed by atoms with E-state index in [1.54, 1.807) is 11.9 Å². The summed E-state index contributed by atoms with van der Waals surface area (Å²) < 4.78 is 5.27. The number of rotatable bonds is 7. The van der Waals surface area contributed by atoms with Crippen molar-refractivity contribution in [2.24, 2.45) is 16.3 Å². The first kappa shape index (κ1) is 16.7. The van der Waals surface area contributed by atoms with Gasteiger partial charge in [0.15, 0.2) is 5.84 Å². The summed E-state index contributed by atoms with van der Waals surface area (Å²) >= 11 is 0. The highest BCUT2D eigenvalue weighted by Crippen LogP contribution is 2.33. The number of amidine groups is 1. The van der Waals surface area contributed by atoms with Gasteiger partial charge in [0.05, 0.1) is 0 Å². The lowest BCUT2D eigenvalue weighted by atomic mass is 9.77. The molecular formula is C13H25N3O4. The summed E-state index contributed by atoms with van der Waals surface area (Å²) in [4.78, 5) is 14.3. The molecule has 0 unspecified atom stereocenters. The Bertz CT molecular complexity index is 341. The number of carbonyl (C=O) groups is 1. The van der Waals surface area contributed by atoms with Crippen LogP contribution in [0.15, 0.2) is 5.16 Å². The second-order valence-corrected chi connectivity index (χ2v) is 5.19. The molecule has 7 heteroatoms. The average Bonchev–Trinajstić information content (AvgIpc) is 2.50. The third kappa shape index (κ3) is 3.83. The highest BCUT2D eigenvalue weighted by molar-refractivity contribution is 6.06. The number of aliphatic hydroxyl groups is 1. The Morgan fingerprint density at radius 2 is 2.00 bits per heavy atom.